The highest BCUT2D eigenvalue weighted by Crippen LogP contribution is 2.31. The maximum Gasteiger partial charge on any atom is 0.338 e. The fourth-order valence-electron chi connectivity index (χ4n) is 2.23. The van der Waals surface area contributed by atoms with Gasteiger partial charge in [0.05, 0.1) is 28.3 Å². The van der Waals surface area contributed by atoms with Crippen molar-refractivity contribution < 1.29 is 14.3 Å². The summed E-state index contributed by atoms with van der Waals surface area (Å²) in [4.78, 5) is 24.2. The number of esters is 1. The van der Waals surface area contributed by atoms with E-state index in [1.165, 1.54) is 0 Å². The third-order valence-corrected chi connectivity index (χ3v) is 4.05. The number of hydrogen-bond acceptors (Lipinski definition) is 3. The van der Waals surface area contributed by atoms with Crippen LogP contribution in [0.15, 0.2) is 29.5 Å². The highest BCUT2D eigenvalue weighted by atomic mass is 35.5. The molecule has 0 bridgehead atoms. The highest BCUT2D eigenvalue weighted by molar-refractivity contribution is 6.42. The zero-order valence-corrected chi connectivity index (χ0v) is 14.6. The molecule has 1 heterocycles. The van der Waals surface area contributed by atoms with Gasteiger partial charge >= 0.3 is 12.0 Å². The lowest BCUT2D eigenvalue weighted by atomic mass is 9.95. The molecule has 0 saturated heterocycles. The Labute approximate surface area is 145 Å². The van der Waals surface area contributed by atoms with Crippen molar-refractivity contribution in [2.45, 2.75) is 26.8 Å². The van der Waals surface area contributed by atoms with Crippen LogP contribution in [-0.4, -0.2) is 18.6 Å². The highest BCUT2D eigenvalue weighted by Gasteiger charge is 2.32. The summed E-state index contributed by atoms with van der Waals surface area (Å²) < 4.78 is 5.31. The zero-order chi connectivity index (χ0) is 17.1. The number of halogens is 2. The number of allylic oxidation sites excluding steroid dienone is 1. The molecule has 0 radical (unpaired) electrons. The van der Waals surface area contributed by atoms with Crippen LogP contribution >= 0.6 is 23.2 Å². The zero-order valence-electron chi connectivity index (χ0n) is 13.1. The minimum absolute atomic E-state index is 0.217. The van der Waals surface area contributed by atoms with Crippen molar-refractivity contribution in [3.63, 3.8) is 0 Å². The molecular formula is C16H18Cl2N2O3. The van der Waals surface area contributed by atoms with Crippen LogP contribution in [0.3, 0.4) is 0 Å². The van der Waals surface area contributed by atoms with Crippen molar-refractivity contribution in [1.29, 1.82) is 0 Å². The van der Waals surface area contributed by atoms with E-state index in [9.17, 15) is 9.59 Å². The molecule has 1 aliphatic heterocycles. The Bertz CT molecular complexity index is 671. The molecule has 0 saturated carbocycles. The molecular weight excluding hydrogens is 339 g/mol. The van der Waals surface area contributed by atoms with Crippen molar-refractivity contribution >= 4 is 35.2 Å². The van der Waals surface area contributed by atoms with Crippen LogP contribution in [0.2, 0.25) is 10.0 Å². The summed E-state index contributed by atoms with van der Waals surface area (Å²) in [6, 6.07) is 3.94. The van der Waals surface area contributed by atoms with E-state index in [2.05, 4.69) is 10.6 Å². The maximum atomic E-state index is 12.4. The van der Waals surface area contributed by atoms with Crippen molar-refractivity contribution in [3.8, 4) is 0 Å². The van der Waals surface area contributed by atoms with Crippen molar-refractivity contribution in [2.75, 3.05) is 6.61 Å². The van der Waals surface area contributed by atoms with Gasteiger partial charge in [0.15, 0.2) is 0 Å². The molecule has 0 spiro atoms. The van der Waals surface area contributed by atoms with Gasteiger partial charge in [0, 0.05) is 5.70 Å². The number of urea groups is 1. The molecule has 5 nitrogen and oxygen atoms in total. The lowest BCUT2D eigenvalue weighted by molar-refractivity contribution is -0.140. The fraction of sp³-hybridized carbons (Fsp3) is 0.375. The molecule has 2 rings (SSSR count). The smallest absolute Gasteiger partial charge is 0.338 e. The molecule has 23 heavy (non-hydrogen) atoms. The maximum absolute atomic E-state index is 12.4. The summed E-state index contributed by atoms with van der Waals surface area (Å²) in [6.07, 6.45) is 0. The number of hydrogen-bond donors (Lipinski definition) is 2. The number of ether oxygens (including phenoxy) is 1. The van der Waals surface area contributed by atoms with Crippen LogP contribution in [0, 0.1) is 5.92 Å². The van der Waals surface area contributed by atoms with Crippen LogP contribution < -0.4 is 10.6 Å². The van der Waals surface area contributed by atoms with E-state index < -0.39 is 12.0 Å². The minimum Gasteiger partial charge on any atom is -0.462 e. The van der Waals surface area contributed by atoms with Gasteiger partial charge in [-0.3, -0.25) is 0 Å². The number of amides is 2. The van der Waals surface area contributed by atoms with Crippen LogP contribution in [0.1, 0.15) is 32.4 Å². The lowest BCUT2D eigenvalue weighted by Gasteiger charge is -2.28. The average Bonchev–Trinajstić information content (AvgIpc) is 2.46. The Balaban J connectivity index is 2.37. The second kappa shape index (κ2) is 7.23. The van der Waals surface area contributed by atoms with E-state index >= 15 is 0 Å². The summed E-state index contributed by atoms with van der Waals surface area (Å²) in [5.74, 6) is -0.255. The predicted octanol–water partition coefficient (Wildman–Crippen LogP) is 3.82. The summed E-state index contributed by atoms with van der Waals surface area (Å²) >= 11 is 12.0. The Morgan fingerprint density at radius 2 is 2.00 bits per heavy atom. The van der Waals surface area contributed by atoms with Gasteiger partial charge in [-0.1, -0.05) is 43.1 Å². The van der Waals surface area contributed by atoms with Gasteiger partial charge in [-0.15, -0.1) is 0 Å². The van der Waals surface area contributed by atoms with Gasteiger partial charge in [-0.05, 0) is 30.5 Å². The SMILES string of the molecule is CC1=C(C(=O)OCC(C)C)C(c2ccc(Cl)c(Cl)c2)NC(=O)N1. The molecule has 7 heteroatoms. The van der Waals surface area contributed by atoms with Crippen molar-refractivity contribution in [3.05, 3.63) is 45.1 Å². The molecule has 0 aliphatic carbocycles. The summed E-state index contributed by atoms with van der Waals surface area (Å²) in [5.41, 5.74) is 1.47. The van der Waals surface area contributed by atoms with Gasteiger partial charge in [-0.25, -0.2) is 9.59 Å². The molecule has 1 unspecified atom stereocenters. The molecule has 1 aromatic rings. The van der Waals surface area contributed by atoms with Gasteiger partial charge < -0.3 is 15.4 Å². The van der Waals surface area contributed by atoms with E-state index in [-0.39, 0.29) is 11.9 Å². The van der Waals surface area contributed by atoms with Crippen molar-refractivity contribution in [1.82, 2.24) is 10.6 Å². The number of benzene rings is 1. The first-order chi connectivity index (χ1) is 10.8. The van der Waals surface area contributed by atoms with E-state index in [1.54, 1.807) is 25.1 Å². The average molecular weight is 357 g/mol. The molecule has 124 valence electrons. The van der Waals surface area contributed by atoms with Gasteiger partial charge in [0.1, 0.15) is 0 Å². The normalized spacial score (nSPS) is 17.8. The second-order valence-corrected chi connectivity index (χ2v) is 6.55. The molecule has 0 fully saturated rings. The fourth-order valence-corrected chi connectivity index (χ4v) is 2.53. The van der Waals surface area contributed by atoms with Crippen LogP contribution in [0.5, 0.6) is 0 Å². The quantitative estimate of drug-likeness (QED) is 0.805. The molecule has 0 aromatic heterocycles. The predicted molar refractivity (Wildman–Crippen MR) is 89.4 cm³/mol. The lowest BCUT2D eigenvalue weighted by Crippen LogP contribution is -2.45. The summed E-state index contributed by atoms with van der Waals surface area (Å²) in [6.45, 7) is 5.87. The van der Waals surface area contributed by atoms with E-state index in [0.717, 1.165) is 0 Å². The van der Waals surface area contributed by atoms with E-state index in [1.807, 2.05) is 13.8 Å². The molecule has 2 N–H and O–H groups in total. The molecule has 1 aliphatic rings. The number of carbonyl (C=O) groups excluding carboxylic acids is 2. The second-order valence-electron chi connectivity index (χ2n) is 5.74. The van der Waals surface area contributed by atoms with E-state index in [0.29, 0.717) is 33.5 Å². The third-order valence-electron chi connectivity index (χ3n) is 3.31. The Hall–Kier alpha value is -1.72. The van der Waals surface area contributed by atoms with Gasteiger partial charge in [0.2, 0.25) is 0 Å². The number of carbonyl (C=O) groups is 2. The third kappa shape index (κ3) is 4.18. The summed E-state index contributed by atoms with van der Waals surface area (Å²) in [7, 11) is 0. The van der Waals surface area contributed by atoms with E-state index in [4.69, 9.17) is 27.9 Å². The van der Waals surface area contributed by atoms with Crippen LogP contribution in [-0.2, 0) is 9.53 Å². The Morgan fingerprint density at radius 3 is 2.61 bits per heavy atom. The minimum atomic E-state index is -0.641. The monoisotopic (exact) mass is 356 g/mol. The first-order valence-electron chi connectivity index (χ1n) is 7.20. The summed E-state index contributed by atoms with van der Waals surface area (Å²) in [5, 5.41) is 6.07. The molecule has 2 amide bonds. The first-order valence-corrected chi connectivity index (χ1v) is 7.95. The van der Waals surface area contributed by atoms with Crippen LogP contribution in [0.4, 0.5) is 4.79 Å². The van der Waals surface area contributed by atoms with Gasteiger partial charge in [-0.2, -0.15) is 0 Å². The topological polar surface area (TPSA) is 67.4 Å². The molecule has 1 aromatic carbocycles. The van der Waals surface area contributed by atoms with Crippen molar-refractivity contribution in [2.24, 2.45) is 5.92 Å². The van der Waals surface area contributed by atoms with Gasteiger partial charge in [0.25, 0.3) is 0 Å². The largest absolute Gasteiger partial charge is 0.462 e. The Kier molecular flexibility index (Phi) is 5.55. The Morgan fingerprint density at radius 1 is 1.30 bits per heavy atom. The molecule has 1 atom stereocenters. The van der Waals surface area contributed by atoms with Crippen LogP contribution in [0.25, 0.3) is 0 Å². The first kappa shape index (κ1) is 17.6. The number of nitrogens with one attached hydrogen (secondary N) is 2. The number of rotatable bonds is 4. The standard InChI is InChI=1S/C16H18Cl2N2O3/c1-8(2)7-23-15(21)13-9(3)19-16(22)20-14(13)10-4-5-11(17)12(18)6-10/h4-6,8,14H,7H2,1-3H3,(H2,19,20,22).